The molecule has 0 atom stereocenters. The van der Waals surface area contributed by atoms with Gasteiger partial charge in [-0.25, -0.2) is 0 Å². The van der Waals surface area contributed by atoms with Crippen molar-refractivity contribution in [2.24, 2.45) is 5.73 Å². The zero-order chi connectivity index (χ0) is 14.7. The van der Waals surface area contributed by atoms with Crippen molar-refractivity contribution < 1.29 is 9.66 Å². The van der Waals surface area contributed by atoms with Crippen molar-refractivity contribution in [3.05, 3.63) is 63.7 Å². The van der Waals surface area contributed by atoms with Gasteiger partial charge in [-0.1, -0.05) is 6.07 Å². The van der Waals surface area contributed by atoms with Crippen LogP contribution >= 0.6 is 0 Å². The van der Waals surface area contributed by atoms with E-state index in [-0.39, 0.29) is 11.5 Å². The minimum Gasteiger partial charge on any atom is -0.457 e. The molecule has 0 unspecified atom stereocenters. The lowest BCUT2D eigenvalue weighted by atomic mass is 10.1. The van der Waals surface area contributed by atoms with Crippen LogP contribution in [0.1, 0.15) is 11.1 Å². The lowest BCUT2D eigenvalue weighted by Gasteiger charge is -2.09. The number of amidine groups is 1. The van der Waals surface area contributed by atoms with Crippen LogP contribution in [0.4, 0.5) is 5.69 Å². The van der Waals surface area contributed by atoms with E-state index in [1.165, 1.54) is 12.1 Å². The summed E-state index contributed by atoms with van der Waals surface area (Å²) in [6.07, 6.45) is 0. The summed E-state index contributed by atoms with van der Waals surface area (Å²) in [4.78, 5) is 10.2. The van der Waals surface area contributed by atoms with Gasteiger partial charge >= 0.3 is 0 Å². The maximum absolute atomic E-state index is 10.7. The van der Waals surface area contributed by atoms with Gasteiger partial charge < -0.3 is 10.5 Å². The maximum atomic E-state index is 10.7. The molecule has 0 aliphatic heterocycles. The number of hydrogen-bond donors (Lipinski definition) is 2. The first-order valence-corrected chi connectivity index (χ1v) is 5.85. The van der Waals surface area contributed by atoms with Crippen LogP contribution in [-0.2, 0) is 0 Å². The van der Waals surface area contributed by atoms with E-state index in [0.717, 1.165) is 5.56 Å². The van der Waals surface area contributed by atoms with E-state index in [1.54, 1.807) is 30.3 Å². The van der Waals surface area contributed by atoms with E-state index >= 15 is 0 Å². The first-order valence-electron chi connectivity index (χ1n) is 5.85. The summed E-state index contributed by atoms with van der Waals surface area (Å²) < 4.78 is 5.57. The van der Waals surface area contributed by atoms with Gasteiger partial charge in [-0.05, 0) is 36.8 Å². The van der Waals surface area contributed by atoms with Crippen LogP contribution < -0.4 is 10.5 Å². The smallest absolute Gasteiger partial charge is 0.273 e. The third-order valence-electron chi connectivity index (χ3n) is 2.75. The molecule has 0 radical (unpaired) electrons. The topological polar surface area (TPSA) is 102 Å². The SMILES string of the molecule is Cc1cc(Oc2cccc([N+](=O)[O-])c2)ccc1C(=N)N. The first kappa shape index (κ1) is 13.5. The van der Waals surface area contributed by atoms with Gasteiger partial charge in [0, 0.05) is 11.6 Å². The Balaban J connectivity index is 2.26. The van der Waals surface area contributed by atoms with Gasteiger partial charge in [0.25, 0.3) is 5.69 Å². The Morgan fingerprint density at radius 2 is 1.95 bits per heavy atom. The minimum absolute atomic E-state index is 0.00982. The zero-order valence-electron chi connectivity index (χ0n) is 10.8. The van der Waals surface area contributed by atoms with Crippen LogP contribution in [0, 0.1) is 22.4 Å². The summed E-state index contributed by atoms with van der Waals surface area (Å²) in [6.45, 7) is 1.82. The Hall–Kier alpha value is -2.89. The molecule has 0 heterocycles. The van der Waals surface area contributed by atoms with E-state index in [1.807, 2.05) is 6.92 Å². The third kappa shape index (κ3) is 2.92. The second-order valence-corrected chi connectivity index (χ2v) is 4.25. The Labute approximate surface area is 115 Å². The summed E-state index contributed by atoms with van der Waals surface area (Å²) in [5.41, 5.74) is 6.85. The average molecular weight is 271 g/mol. The Morgan fingerprint density at radius 1 is 1.25 bits per heavy atom. The summed E-state index contributed by atoms with van der Waals surface area (Å²) in [7, 11) is 0. The molecule has 20 heavy (non-hydrogen) atoms. The number of non-ortho nitro benzene ring substituents is 1. The van der Waals surface area contributed by atoms with E-state index in [4.69, 9.17) is 15.9 Å². The molecule has 0 spiro atoms. The first-order chi connectivity index (χ1) is 9.47. The summed E-state index contributed by atoms with van der Waals surface area (Å²) in [5.74, 6) is 0.909. The van der Waals surface area contributed by atoms with Gasteiger partial charge in [0.2, 0.25) is 0 Å². The highest BCUT2D eigenvalue weighted by Gasteiger charge is 2.08. The summed E-state index contributed by atoms with van der Waals surface area (Å²) >= 11 is 0. The molecule has 6 nitrogen and oxygen atoms in total. The normalized spacial score (nSPS) is 10.1. The molecular weight excluding hydrogens is 258 g/mol. The fraction of sp³-hybridized carbons (Fsp3) is 0.0714. The molecule has 3 N–H and O–H groups in total. The molecule has 0 bridgehead atoms. The molecule has 0 aliphatic carbocycles. The number of nitrogens with zero attached hydrogens (tertiary/aromatic N) is 1. The van der Waals surface area contributed by atoms with Crippen molar-refractivity contribution >= 4 is 11.5 Å². The number of nitrogens with two attached hydrogens (primary N) is 1. The fourth-order valence-corrected chi connectivity index (χ4v) is 1.80. The van der Waals surface area contributed by atoms with E-state index in [2.05, 4.69) is 0 Å². The lowest BCUT2D eigenvalue weighted by Crippen LogP contribution is -2.12. The predicted molar refractivity (Wildman–Crippen MR) is 75.4 cm³/mol. The molecule has 0 saturated heterocycles. The van der Waals surface area contributed by atoms with Gasteiger partial charge in [0.15, 0.2) is 0 Å². The molecule has 0 fully saturated rings. The summed E-state index contributed by atoms with van der Waals surface area (Å²) in [5, 5.41) is 18.1. The maximum Gasteiger partial charge on any atom is 0.273 e. The van der Waals surface area contributed by atoms with Crippen molar-refractivity contribution in [1.29, 1.82) is 5.41 Å². The zero-order valence-corrected chi connectivity index (χ0v) is 10.8. The highest BCUT2D eigenvalue weighted by atomic mass is 16.6. The van der Waals surface area contributed by atoms with Crippen molar-refractivity contribution in [2.45, 2.75) is 6.92 Å². The van der Waals surface area contributed by atoms with E-state index in [0.29, 0.717) is 17.1 Å². The summed E-state index contributed by atoms with van der Waals surface area (Å²) in [6, 6.07) is 11.0. The number of aryl methyl sites for hydroxylation is 1. The molecular formula is C14H13N3O3. The van der Waals surface area contributed by atoms with Crippen LogP contribution in [0.25, 0.3) is 0 Å². The standard InChI is InChI=1S/C14H13N3O3/c1-9-7-12(5-6-13(9)14(15)16)20-11-4-2-3-10(8-11)17(18)19/h2-8H,1H3,(H3,15,16). The number of rotatable bonds is 4. The van der Waals surface area contributed by atoms with Crippen LogP contribution in [-0.4, -0.2) is 10.8 Å². The highest BCUT2D eigenvalue weighted by molar-refractivity contribution is 5.96. The number of hydrogen-bond acceptors (Lipinski definition) is 4. The van der Waals surface area contributed by atoms with Gasteiger partial charge in [-0.2, -0.15) is 0 Å². The molecule has 0 amide bonds. The second kappa shape index (κ2) is 5.40. The van der Waals surface area contributed by atoms with Crippen LogP contribution in [0.2, 0.25) is 0 Å². The van der Waals surface area contributed by atoms with Crippen molar-refractivity contribution in [1.82, 2.24) is 0 Å². The van der Waals surface area contributed by atoms with E-state index in [9.17, 15) is 10.1 Å². The Bertz CT molecular complexity index is 683. The van der Waals surface area contributed by atoms with Crippen molar-refractivity contribution in [2.75, 3.05) is 0 Å². The van der Waals surface area contributed by atoms with Crippen molar-refractivity contribution in [3.63, 3.8) is 0 Å². The van der Waals surface area contributed by atoms with Gasteiger partial charge in [0.05, 0.1) is 11.0 Å². The fourth-order valence-electron chi connectivity index (χ4n) is 1.80. The van der Waals surface area contributed by atoms with Gasteiger partial charge in [-0.3, -0.25) is 15.5 Å². The largest absolute Gasteiger partial charge is 0.457 e. The number of nitrogens with one attached hydrogen (secondary N) is 1. The number of nitrogen functional groups attached to an aromatic ring is 1. The molecule has 0 aromatic heterocycles. The molecule has 2 aromatic carbocycles. The molecule has 6 heteroatoms. The Kier molecular flexibility index (Phi) is 3.65. The van der Waals surface area contributed by atoms with E-state index < -0.39 is 4.92 Å². The van der Waals surface area contributed by atoms with Crippen LogP contribution in [0.5, 0.6) is 11.5 Å². The molecule has 2 aromatic rings. The highest BCUT2D eigenvalue weighted by Crippen LogP contribution is 2.26. The number of ether oxygens (including phenoxy) is 1. The van der Waals surface area contributed by atoms with Gasteiger partial charge in [0.1, 0.15) is 17.3 Å². The Morgan fingerprint density at radius 3 is 2.55 bits per heavy atom. The lowest BCUT2D eigenvalue weighted by molar-refractivity contribution is -0.384. The molecule has 102 valence electrons. The monoisotopic (exact) mass is 271 g/mol. The van der Waals surface area contributed by atoms with Crippen molar-refractivity contribution in [3.8, 4) is 11.5 Å². The number of nitro benzene ring substituents is 1. The number of benzene rings is 2. The molecule has 0 saturated carbocycles. The second-order valence-electron chi connectivity index (χ2n) is 4.25. The quantitative estimate of drug-likeness (QED) is 0.386. The van der Waals surface area contributed by atoms with Crippen LogP contribution in [0.3, 0.4) is 0 Å². The van der Waals surface area contributed by atoms with Crippen LogP contribution in [0.15, 0.2) is 42.5 Å². The average Bonchev–Trinajstić information content (AvgIpc) is 2.38. The minimum atomic E-state index is -0.475. The number of nitro groups is 1. The predicted octanol–water partition coefficient (Wildman–Crippen LogP) is 2.98. The molecule has 2 rings (SSSR count). The van der Waals surface area contributed by atoms with Gasteiger partial charge in [-0.15, -0.1) is 0 Å². The third-order valence-corrected chi connectivity index (χ3v) is 2.75. The molecule has 0 aliphatic rings.